The van der Waals surface area contributed by atoms with Crippen molar-refractivity contribution in [1.29, 1.82) is 0 Å². The van der Waals surface area contributed by atoms with Crippen molar-refractivity contribution in [1.82, 2.24) is 15.6 Å². The van der Waals surface area contributed by atoms with E-state index in [9.17, 15) is 19.5 Å². The molecule has 4 rings (SSSR count). The van der Waals surface area contributed by atoms with Crippen molar-refractivity contribution in [2.24, 2.45) is 5.73 Å². The molecule has 8 heteroatoms. The summed E-state index contributed by atoms with van der Waals surface area (Å²) in [6.45, 7) is 0. The Hall–Kier alpha value is -4.43. The first-order valence-electron chi connectivity index (χ1n) is 12.1. The van der Waals surface area contributed by atoms with E-state index in [1.165, 1.54) is 0 Å². The molecule has 0 aliphatic carbocycles. The van der Waals surface area contributed by atoms with Crippen molar-refractivity contribution in [2.45, 2.75) is 37.4 Å². The van der Waals surface area contributed by atoms with Crippen LogP contribution >= 0.6 is 0 Å². The van der Waals surface area contributed by atoms with Gasteiger partial charge in [0.05, 0.1) is 6.04 Å². The first kappa shape index (κ1) is 25.7. The van der Waals surface area contributed by atoms with Gasteiger partial charge in [0.2, 0.25) is 11.8 Å². The second kappa shape index (κ2) is 12.0. The maximum absolute atomic E-state index is 13.4. The van der Waals surface area contributed by atoms with Gasteiger partial charge in [-0.15, -0.1) is 0 Å². The van der Waals surface area contributed by atoms with Gasteiger partial charge in [-0.1, -0.05) is 78.9 Å². The van der Waals surface area contributed by atoms with Gasteiger partial charge >= 0.3 is 5.97 Å². The smallest absolute Gasteiger partial charge is 0.326 e. The molecule has 0 radical (unpaired) electrons. The van der Waals surface area contributed by atoms with Gasteiger partial charge in [0, 0.05) is 29.9 Å². The zero-order valence-electron chi connectivity index (χ0n) is 20.3. The van der Waals surface area contributed by atoms with Crippen LogP contribution in [0, 0.1) is 0 Å². The Balaban J connectivity index is 1.53. The second-order valence-electron chi connectivity index (χ2n) is 9.01. The highest BCUT2D eigenvalue weighted by Crippen LogP contribution is 2.19. The summed E-state index contributed by atoms with van der Waals surface area (Å²) in [5.74, 6) is -2.23. The SMILES string of the molecule is N[C@@H](Cc1ccccc1)C(=O)N[C@@H](Cc1c[nH]c2ccccc12)C(=O)N[C@@H](Cc1ccccc1)C(=O)O. The number of benzene rings is 3. The van der Waals surface area contributed by atoms with Gasteiger partial charge < -0.3 is 26.5 Å². The first-order chi connectivity index (χ1) is 17.9. The lowest BCUT2D eigenvalue weighted by Gasteiger charge is -2.23. The number of nitrogens with one attached hydrogen (secondary N) is 3. The Kier molecular flexibility index (Phi) is 8.33. The molecule has 0 saturated carbocycles. The van der Waals surface area contributed by atoms with E-state index < -0.39 is 35.9 Å². The molecule has 0 aliphatic heterocycles. The highest BCUT2D eigenvalue weighted by Gasteiger charge is 2.29. The van der Waals surface area contributed by atoms with Gasteiger partial charge in [-0.05, 0) is 29.2 Å². The number of amides is 2. The van der Waals surface area contributed by atoms with Crippen molar-refractivity contribution < 1.29 is 19.5 Å². The number of aromatic nitrogens is 1. The van der Waals surface area contributed by atoms with E-state index in [4.69, 9.17) is 5.73 Å². The third kappa shape index (κ3) is 6.83. The maximum Gasteiger partial charge on any atom is 0.326 e. The molecule has 0 saturated heterocycles. The lowest BCUT2D eigenvalue weighted by molar-refractivity contribution is -0.142. The van der Waals surface area contributed by atoms with Crippen LogP contribution in [0.25, 0.3) is 10.9 Å². The molecule has 8 nitrogen and oxygen atoms in total. The van der Waals surface area contributed by atoms with Crippen LogP contribution in [0.4, 0.5) is 0 Å². The van der Waals surface area contributed by atoms with E-state index in [1.807, 2.05) is 72.8 Å². The highest BCUT2D eigenvalue weighted by atomic mass is 16.4. The van der Waals surface area contributed by atoms with Crippen molar-refractivity contribution in [3.05, 3.63) is 108 Å². The summed E-state index contributed by atoms with van der Waals surface area (Å²) in [6, 6.07) is 23.0. The first-order valence-corrected chi connectivity index (χ1v) is 12.1. The van der Waals surface area contributed by atoms with Crippen LogP contribution in [0.5, 0.6) is 0 Å². The molecule has 4 aromatic rings. The molecule has 6 N–H and O–H groups in total. The van der Waals surface area contributed by atoms with Gasteiger partial charge in [-0.2, -0.15) is 0 Å². The number of rotatable bonds is 11. The molecule has 190 valence electrons. The third-order valence-corrected chi connectivity index (χ3v) is 6.26. The van der Waals surface area contributed by atoms with Crippen molar-refractivity contribution >= 4 is 28.7 Å². The summed E-state index contributed by atoms with van der Waals surface area (Å²) in [5.41, 5.74) is 9.57. The Morgan fingerprint density at radius 2 is 1.30 bits per heavy atom. The van der Waals surface area contributed by atoms with Crippen LogP contribution in [0.2, 0.25) is 0 Å². The number of carboxylic acids is 1. The lowest BCUT2D eigenvalue weighted by Crippen LogP contribution is -2.55. The lowest BCUT2D eigenvalue weighted by atomic mass is 10.0. The number of para-hydroxylation sites is 1. The van der Waals surface area contributed by atoms with E-state index in [0.29, 0.717) is 6.42 Å². The van der Waals surface area contributed by atoms with E-state index >= 15 is 0 Å². The van der Waals surface area contributed by atoms with Crippen LogP contribution in [0.15, 0.2) is 91.1 Å². The normalized spacial score (nSPS) is 13.4. The summed E-state index contributed by atoms with van der Waals surface area (Å²) in [6.07, 6.45) is 2.38. The third-order valence-electron chi connectivity index (χ3n) is 6.26. The number of hydrogen-bond donors (Lipinski definition) is 5. The number of carboxylic acid groups (broad SMARTS) is 1. The molecule has 0 aliphatic rings. The van der Waals surface area contributed by atoms with Crippen LogP contribution in [-0.2, 0) is 33.6 Å². The molecule has 3 aromatic carbocycles. The Labute approximate surface area is 214 Å². The summed E-state index contributed by atoms with van der Waals surface area (Å²) in [4.78, 5) is 41.5. The Morgan fingerprint density at radius 1 is 0.730 bits per heavy atom. The average molecular weight is 499 g/mol. The number of aliphatic carboxylic acids is 1. The van der Waals surface area contributed by atoms with Crippen LogP contribution in [0.3, 0.4) is 0 Å². The second-order valence-corrected chi connectivity index (χ2v) is 9.01. The van der Waals surface area contributed by atoms with Gasteiger partial charge in [0.25, 0.3) is 0 Å². The predicted molar refractivity (Wildman–Crippen MR) is 142 cm³/mol. The topological polar surface area (TPSA) is 137 Å². The van der Waals surface area contributed by atoms with Crippen LogP contribution < -0.4 is 16.4 Å². The quantitative estimate of drug-likeness (QED) is 0.216. The zero-order valence-corrected chi connectivity index (χ0v) is 20.3. The maximum atomic E-state index is 13.4. The minimum atomic E-state index is -1.16. The Morgan fingerprint density at radius 3 is 1.95 bits per heavy atom. The largest absolute Gasteiger partial charge is 0.480 e. The van der Waals surface area contributed by atoms with Gasteiger partial charge in [-0.3, -0.25) is 9.59 Å². The standard InChI is InChI=1S/C29H30N4O4/c30-23(15-19-9-3-1-4-10-19)27(34)32-25(17-21-18-31-24-14-8-7-13-22(21)24)28(35)33-26(29(36)37)16-20-11-5-2-6-12-20/h1-14,18,23,25-26,31H,15-17,30H2,(H,32,34)(H,33,35)(H,36,37)/t23-,25-,26-/m0/s1. The number of fused-ring (bicyclic) bond motifs is 1. The number of hydrogen-bond acceptors (Lipinski definition) is 4. The van der Waals surface area contributed by atoms with Gasteiger partial charge in [0.1, 0.15) is 12.1 Å². The minimum absolute atomic E-state index is 0.114. The molecule has 1 heterocycles. The summed E-state index contributed by atoms with van der Waals surface area (Å²) in [5, 5.41) is 16.1. The zero-order chi connectivity index (χ0) is 26.2. The summed E-state index contributed by atoms with van der Waals surface area (Å²) < 4.78 is 0. The molecule has 0 spiro atoms. The fourth-order valence-corrected chi connectivity index (χ4v) is 4.29. The molecule has 0 unspecified atom stereocenters. The molecule has 0 fully saturated rings. The van der Waals surface area contributed by atoms with Crippen LogP contribution in [-0.4, -0.2) is 46.0 Å². The molecule has 1 aromatic heterocycles. The molecular weight excluding hydrogens is 468 g/mol. The number of carbonyl (C=O) groups excluding carboxylic acids is 2. The average Bonchev–Trinajstić information content (AvgIpc) is 3.31. The number of aromatic amines is 1. The van der Waals surface area contributed by atoms with Crippen LogP contribution in [0.1, 0.15) is 16.7 Å². The van der Waals surface area contributed by atoms with Crippen molar-refractivity contribution in [3.63, 3.8) is 0 Å². The number of carbonyl (C=O) groups is 3. The fourth-order valence-electron chi connectivity index (χ4n) is 4.29. The minimum Gasteiger partial charge on any atom is -0.480 e. The summed E-state index contributed by atoms with van der Waals surface area (Å²) >= 11 is 0. The Bertz CT molecular complexity index is 1350. The molecule has 3 atom stereocenters. The predicted octanol–water partition coefficient (Wildman–Crippen LogP) is 2.58. The van der Waals surface area contributed by atoms with Crippen molar-refractivity contribution in [2.75, 3.05) is 0 Å². The fraction of sp³-hybridized carbons (Fsp3) is 0.207. The van der Waals surface area contributed by atoms with E-state index in [1.54, 1.807) is 18.3 Å². The number of nitrogens with two attached hydrogens (primary N) is 1. The van der Waals surface area contributed by atoms with E-state index in [-0.39, 0.29) is 12.8 Å². The highest BCUT2D eigenvalue weighted by molar-refractivity contribution is 5.93. The van der Waals surface area contributed by atoms with Gasteiger partial charge in [-0.25, -0.2) is 4.79 Å². The monoisotopic (exact) mass is 498 g/mol. The molecule has 37 heavy (non-hydrogen) atoms. The van der Waals surface area contributed by atoms with E-state index in [2.05, 4.69) is 15.6 Å². The van der Waals surface area contributed by atoms with Crippen molar-refractivity contribution in [3.8, 4) is 0 Å². The van der Waals surface area contributed by atoms with Gasteiger partial charge in [0.15, 0.2) is 0 Å². The molecule has 0 bridgehead atoms. The molecular formula is C29H30N4O4. The summed E-state index contributed by atoms with van der Waals surface area (Å²) in [7, 11) is 0. The number of H-pyrrole nitrogens is 1. The van der Waals surface area contributed by atoms with E-state index in [0.717, 1.165) is 27.6 Å². The molecule has 2 amide bonds.